The Balaban J connectivity index is 2.50. The zero-order valence-electron chi connectivity index (χ0n) is 9.25. The molecule has 0 fully saturated rings. The van der Waals surface area contributed by atoms with Crippen molar-refractivity contribution in [1.29, 1.82) is 0 Å². The van der Waals surface area contributed by atoms with Crippen molar-refractivity contribution in [2.45, 2.75) is 45.6 Å². The molecule has 0 aliphatic carbocycles. The smallest absolute Gasteiger partial charge is 0.314 e. The van der Waals surface area contributed by atoms with E-state index in [1.165, 1.54) is 0 Å². The Labute approximate surface area is 85.6 Å². The summed E-state index contributed by atoms with van der Waals surface area (Å²) in [4.78, 5) is 15.8. The fourth-order valence-electron chi connectivity index (χ4n) is 1.40. The van der Waals surface area contributed by atoms with Crippen LogP contribution in [0, 0.1) is 5.92 Å². The molecule has 0 aromatic rings. The zero-order chi connectivity index (χ0) is 10.6. The molecule has 1 aliphatic rings. The molecule has 3 nitrogen and oxygen atoms in total. The van der Waals surface area contributed by atoms with Crippen LogP contribution in [0.1, 0.15) is 40.0 Å². The first-order valence-electron chi connectivity index (χ1n) is 5.22. The maximum Gasteiger partial charge on any atom is 0.314 e. The summed E-state index contributed by atoms with van der Waals surface area (Å²) >= 11 is 0. The van der Waals surface area contributed by atoms with Gasteiger partial charge in [0.2, 0.25) is 0 Å². The Morgan fingerprint density at radius 1 is 1.43 bits per heavy atom. The van der Waals surface area contributed by atoms with Crippen LogP contribution in [0.5, 0.6) is 0 Å². The molecule has 0 bridgehead atoms. The van der Waals surface area contributed by atoms with Gasteiger partial charge in [-0.3, -0.25) is 9.79 Å². The van der Waals surface area contributed by atoms with Gasteiger partial charge >= 0.3 is 5.97 Å². The summed E-state index contributed by atoms with van der Waals surface area (Å²) in [6.45, 7) is 6.51. The summed E-state index contributed by atoms with van der Waals surface area (Å²) in [5, 5.41) is 0. The maximum absolute atomic E-state index is 11.7. The lowest BCUT2D eigenvalue weighted by atomic mass is 10.0. The van der Waals surface area contributed by atoms with Gasteiger partial charge in [0.25, 0.3) is 0 Å². The lowest BCUT2D eigenvalue weighted by Gasteiger charge is -2.21. The predicted molar refractivity (Wildman–Crippen MR) is 56.5 cm³/mol. The molecule has 0 N–H and O–H groups in total. The van der Waals surface area contributed by atoms with Crippen LogP contribution in [-0.2, 0) is 9.53 Å². The van der Waals surface area contributed by atoms with E-state index < -0.39 is 5.60 Å². The van der Waals surface area contributed by atoms with Crippen molar-refractivity contribution in [1.82, 2.24) is 0 Å². The van der Waals surface area contributed by atoms with Gasteiger partial charge in [-0.05, 0) is 33.6 Å². The van der Waals surface area contributed by atoms with Gasteiger partial charge in [0, 0.05) is 12.8 Å². The normalized spacial score (nSPS) is 22.9. The van der Waals surface area contributed by atoms with Crippen molar-refractivity contribution in [3.05, 3.63) is 0 Å². The lowest BCUT2D eigenvalue weighted by molar-refractivity contribution is -0.157. The number of hydrogen-bond acceptors (Lipinski definition) is 3. The minimum Gasteiger partial charge on any atom is -0.459 e. The fraction of sp³-hybridized carbons (Fsp3) is 0.818. The lowest BCUT2D eigenvalue weighted by Crippen LogP contribution is -2.29. The minimum absolute atomic E-state index is 0.128. The highest BCUT2D eigenvalue weighted by atomic mass is 16.6. The van der Waals surface area contributed by atoms with E-state index in [2.05, 4.69) is 4.99 Å². The minimum atomic E-state index is -0.392. The molecule has 0 saturated heterocycles. The maximum atomic E-state index is 11.7. The Kier molecular flexibility index (Phi) is 3.67. The van der Waals surface area contributed by atoms with Crippen molar-refractivity contribution < 1.29 is 9.53 Å². The molecular weight excluding hydrogens is 178 g/mol. The number of esters is 1. The average Bonchev–Trinajstić information content (AvgIpc) is 2.27. The van der Waals surface area contributed by atoms with Gasteiger partial charge in [-0.15, -0.1) is 0 Å². The molecule has 3 heteroatoms. The number of carbonyl (C=O) groups is 1. The van der Waals surface area contributed by atoms with Crippen LogP contribution in [0.2, 0.25) is 0 Å². The van der Waals surface area contributed by atoms with Crippen molar-refractivity contribution in [2.24, 2.45) is 10.9 Å². The van der Waals surface area contributed by atoms with Gasteiger partial charge in [0.1, 0.15) is 5.60 Å². The second kappa shape index (κ2) is 4.58. The Hall–Kier alpha value is -0.860. The Morgan fingerprint density at radius 3 is 2.79 bits per heavy atom. The van der Waals surface area contributed by atoms with Gasteiger partial charge in [0.05, 0.1) is 5.92 Å². The summed E-state index contributed by atoms with van der Waals surface area (Å²) in [7, 11) is 0. The van der Waals surface area contributed by atoms with Gasteiger partial charge < -0.3 is 4.74 Å². The van der Waals surface area contributed by atoms with E-state index in [1.807, 2.05) is 20.8 Å². The molecule has 0 aromatic carbocycles. The largest absolute Gasteiger partial charge is 0.459 e. The number of aliphatic imine (C=N–C) groups is 1. The van der Waals surface area contributed by atoms with Gasteiger partial charge in [-0.25, -0.2) is 0 Å². The number of ether oxygens (including phenoxy) is 1. The Morgan fingerprint density at radius 2 is 2.14 bits per heavy atom. The molecule has 1 heterocycles. The molecule has 14 heavy (non-hydrogen) atoms. The van der Waals surface area contributed by atoms with Crippen molar-refractivity contribution in [2.75, 3.05) is 6.54 Å². The van der Waals surface area contributed by atoms with E-state index in [0.29, 0.717) is 0 Å². The standard InChI is InChI=1S/C11H19NO2/c1-11(2,3)14-10(13)9-6-4-5-7-12-8-9/h8-9H,4-7H2,1-3H3. The first-order chi connectivity index (χ1) is 6.49. The van der Waals surface area contributed by atoms with Gasteiger partial charge in [-0.2, -0.15) is 0 Å². The monoisotopic (exact) mass is 197 g/mol. The molecule has 80 valence electrons. The summed E-state index contributed by atoms with van der Waals surface area (Å²) in [5.74, 6) is -0.264. The van der Waals surface area contributed by atoms with Crippen LogP contribution < -0.4 is 0 Å². The van der Waals surface area contributed by atoms with Crippen molar-refractivity contribution in [3.63, 3.8) is 0 Å². The van der Waals surface area contributed by atoms with Crippen molar-refractivity contribution >= 4 is 12.2 Å². The topological polar surface area (TPSA) is 38.7 Å². The third-order valence-corrected chi connectivity index (χ3v) is 2.05. The summed E-state index contributed by atoms with van der Waals surface area (Å²) in [5.41, 5.74) is -0.392. The van der Waals surface area contributed by atoms with Crippen LogP contribution >= 0.6 is 0 Å². The first-order valence-corrected chi connectivity index (χ1v) is 5.22. The predicted octanol–water partition coefficient (Wildman–Crippen LogP) is 2.20. The molecule has 0 spiro atoms. The highest BCUT2D eigenvalue weighted by molar-refractivity contribution is 5.90. The van der Waals surface area contributed by atoms with E-state index in [4.69, 9.17) is 4.74 Å². The molecule has 0 saturated carbocycles. The van der Waals surface area contributed by atoms with E-state index in [9.17, 15) is 4.79 Å². The summed E-state index contributed by atoms with van der Waals surface area (Å²) in [6, 6.07) is 0. The average molecular weight is 197 g/mol. The van der Waals surface area contributed by atoms with Gasteiger partial charge in [0.15, 0.2) is 0 Å². The fourth-order valence-corrected chi connectivity index (χ4v) is 1.40. The molecule has 0 radical (unpaired) electrons. The molecule has 1 atom stereocenters. The van der Waals surface area contributed by atoms with Crippen LogP contribution in [-0.4, -0.2) is 24.3 Å². The molecule has 1 rings (SSSR count). The van der Waals surface area contributed by atoms with Crippen LogP contribution in [0.3, 0.4) is 0 Å². The van der Waals surface area contributed by atoms with E-state index in [0.717, 1.165) is 25.8 Å². The number of carbonyl (C=O) groups excluding carboxylic acids is 1. The second-order valence-corrected chi connectivity index (χ2v) is 4.69. The van der Waals surface area contributed by atoms with E-state index >= 15 is 0 Å². The molecular formula is C11H19NO2. The molecule has 1 aliphatic heterocycles. The van der Waals surface area contributed by atoms with Crippen LogP contribution in [0.15, 0.2) is 4.99 Å². The summed E-state index contributed by atoms with van der Waals surface area (Å²) in [6.07, 6.45) is 4.76. The first kappa shape index (κ1) is 11.2. The van der Waals surface area contributed by atoms with E-state index in [-0.39, 0.29) is 11.9 Å². The van der Waals surface area contributed by atoms with E-state index in [1.54, 1.807) is 6.21 Å². The number of hydrogen-bond donors (Lipinski definition) is 0. The SMILES string of the molecule is CC(C)(C)OC(=O)C1C=NCCCC1. The van der Waals surface area contributed by atoms with Crippen LogP contribution in [0.25, 0.3) is 0 Å². The highest BCUT2D eigenvalue weighted by Gasteiger charge is 2.24. The Bertz CT molecular complexity index is 228. The second-order valence-electron chi connectivity index (χ2n) is 4.69. The van der Waals surface area contributed by atoms with Gasteiger partial charge in [-0.1, -0.05) is 6.42 Å². The third-order valence-electron chi connectivity index (χ3n) is 2.05. The van der Waals surface area contributed by atoms with Crippen molar-refractivity contribution in [3.8, 4) is 0 Å². The summed E-state index contributed by atoms with van der Waals surface area (Å²) < 4.78 is 5.30. The molecule has 0 aromatic heterocycles. The molecule has 1 unspecified atom stereocenters. The quantitative estimate of drug-likeness (QED) is 0.604. The highest BCUT2D eigenvalue weighted by Crippen LogP contribution is 2.16. The number of rotatable bonds is 1. The molecule has 0 amide bonds. The number of nitrogens with zero attached hydrogens (tertiary/aromatic N) is 1. The van der Waals surface area contributed by atoms with Crippen LogP contribution in [0.4, 0.5) is 0 Å². The third kappa shape index (κ3) is 3.90. The zero-order valence-corrected chi connectivity index (χ0v) is 9.25.